The van der Waals surface area contributed by atoms with Crippen molar-refractivity contribution in [2.75, 3.05) is 36.0 Å². The van der Waals surface area contributed by atoms with Crippen molar-refractivity contribution in [2.24, 2.45) is 0 Å². The molecule has 0 bridgehead atoms. The van der Waals surface area contributed by atoms with Crippen LogP contribution in [0.25, 0.3) is 16.6 Å². The van der Waals surface area contributed by atoms with Crippen molar-refractivity contribution in [1.82, 2.24) is 24.9 Å². The molecule has 42 heavy (non-hydrogen) atoms. The van der Waals surface area contributed by atoms with E-state index in [9.17, 15) is 15.2 Å². The minimum Gasteiger partial charge on any atom is -0.390 e. The Morgan fingerprint density at radius 3 is 2.45 bits per heavy atom. The molecule has 0 aliphatic carbocycles. The topological polar surface area (TPSA) is 123 Å². The van der Waals surface area contributed by atoms with E-state index in [1.165, 1.54) is 0 Å². The first-order valence-corrected chi connectivity index (χ1v) is 14.6. The van der Waals surface area contributed by atoms with E-state index >= 15 is 0 Å². The Labute approximate surface area is 249 Å². The van der Waals surface area contributed by atoms with Crippen molar-refractivity contribution in [1.29, 1.82) is 5.26 Å². The summed E-state index contributed by atoms with van der Waals surface area (Å²) in [5.41, 5.74) is 3.25. The molecule has 216 valence electrons. The Morgan fingerprint density at radius 1 is 1.05 bits per heavy atom. The number of hydrogen-bond donors (Lipinski definition) is 2. The minimum atomic E-state index is -0.646. The van der Waals surface area contributed by atoms with Crippen molar-refractivity contribution in [2.45, 2.75) is 50.7 Å². The van der Waals surface area contributed by atoms with Crippen LogP contribution in [0, 0.1) is 11.3 Å². The van der Waals surface area contributed by atoms with Gasteiger partial charge in [-0.3, -0.25) is 4.79 Å². The Morgan fingerprint density at radius 2 is 1.79 bits per heavy atom. The SMILES string of the molecule is CC1(O)CCN(c2cc(-c3ccc(N4CCC(C)(NC(=O)c5ncccc5Cl)CC4)nc3)c3c(C#N)cnn3c2)CC1. The molecule has 0 aromatic carbocycles. The average molecular weight is 585 g/mol. The number of fused-ring (bicyclic) bond motifs is 1. The van der Waals surface area contributed by atoms with Gasteiger partial charge in [-0.05, 0) is 69.9 Å². The smallest absolute Gasteiger partial charge is 0.271 e. The maximum absolute atomic E-state index is 12.8. The van der Waals surface area contributed by atoms with E-state index in [1.807, 2.05) is 31.5 Å². The number of amides is 1. The van der Waals surface area contributed by atoms with Crippen LogP contribution in [-0.2, 0) is 0 Å². The molecule has 2 aliphatic rings. The number of nitrogens with one attached hydrogen (secondary N) is 1. The number of carbonyl (C=O) groups is 1. The minimum absolute atomic E-state index is 0.239. The number of rotatable bonds is 5. The van der Waals surface area contributed by atoms with Gasteiger partial charge < -0.3 is 20.2 Å². The van der Waals surface area contributed by atoms with Gasteiger partial charge in [0.1, 0.15) is 17.6 Å². The van der Waals surface area contributed by atoms with Crippen LogP contribution >= 0.6 is 11.6 Å². The normalized spacial score (nSPS) is 18.1. The number of anilines is 2. The first-order chi connectivity index (χ1) is 20.1. The Bertz CT molecular complexity index is 1660. The number of aliphatic hydroxyl groups is 1. The summed E-state index contributed by atoms with van der Waals surface area (Å²) in [5, 5.41) is 28.1. The van der Waals surface area contributed by atoms with Crippen LogP contribution in [0.2, 0.25) is 5.02 Å². The molecule has 2 fully saturated rings. The fourth-order valence-corrected chi connectivity index (χ4v) is 6.01. The number of carbonyl (C=O) groups excluding carboxylic acids is 1. The fraction of sp³-hybridized carbons (Fsp3) is 0.387. The lowest BCUT2D eigenvalue weighted by atomic mass is 9.89. The van der Waals surface area contributed by atoms with Gasteiger partial charge in [-0.1, -0.05) is 11.6 Å². The number of nitriles is 1. The Kier molecular flexibility index (Phi) is 7.25. The molecule has 0 unspecified atom stereocenters. The monoisotopic (exact) mass is 584 g/mol. The third-order valence-electron chi connectivity index (χ3n) is 8.56. The lowest BCUT2D eigenvalue weighted by molar-refractivity contribution is 0.0351. The second-order valence-corrected chi connectivity index (χ2v) is 12.2. The average Bonchev–Trinajstić information content (AvgIpc) is 3.40. The van der Waals surface area contributed by atoms with E-state index in [0.717, 1.165) is 67.2 Å². The molecule has 1 amide bonds. The van der Waals surface area contributed by atoms with Gasteiger partial charge in [0.2, 0.25) is 0 Å². The highest BCUT2D eigenvalue weighted by Gasteiger charge is 2.33. The first kappa shape index (κ1) is 27.9. The lowest BCUT2D eigenvalue weighted by Crippen LogP contribution is -2.53. The van der Waals surface area contributed by atoms with Crippen LogP contribution in [0.3, 0.4) is 0 Å². The third-order valence-corrected chi connectivity index (χ3v) is 8.87. The van der Waals surface area contributed by atoms with Crippen LogP contribution in [0.15, 0.2) is 55.1 Å². The van der Waals surface area contributed by atoms with Crippen molar-refractivity contribution in [3.8, 4) is 17.2 Å². The molecule has 11 heteroatoms. The zero-order chi connectivity index (χ0) is 29.5. The zero-order valence-electron chi connectivity index (χ0n) is 23.7. The molecule has 0 atom stereocenters. The molecule has 4 aromatic heterocycles. The highest BCUT2D eigenvalue weighted by atomic mass is 35.5. The standard InChI is InChI=1S/C31H33ClN8O2/c1-30(37-29(41)27-25(32)4-3-11-34-27)7-12-39(13-8-30)26-6-5-21(18-35-26)24-16-23(38-14-9-31(2,42)10-15-38)20-40-28(24)22(17-33)19-36-40/h3-6,11,16,18-20,42H,7-10,12-15H2,1-2H3,(H,37,41). The molecular weight excluding hydrogens is 552 g/mol. The van der Waals surface area contributed by atoms with Crippen molar-refractivity contribution < 1.29 is 9.90 Å². The molecule has 0 saturated carbocycles. The lowest BCUT2D eigenvalue weighted by Gasteiger charge is -2.40. The van der Waals surface area contributed by atoms with Crippen LogP contribution in [0.4, 0.5) is 11.5 Å². The number of pyridine rings is 3. The molecule has 0 spiro atoms. The summed E-state index contributed by atoms with van der Waals surface area (Å²) in [5.74, 6) is 0.596. The summed E-state index contributed by atoms with van der Waals surface area (Å²) in [6.07, 6.45) is 9.84. The summed E-state index contributed by atoms with van der Waals surface area (Å²) < 4.78 is 1.77. The second kappa shape index (κ2) is 10.9. The quantitative estimate of drug-likeness (QED) is 0.353. The fourth-order valence-electron chi connectivity index (χ4n) is 5.80. The Hall–Kier alpha value is -4.20. The van der Waals surface area contributed by atoms with Gasteiger partial charge in [0.05, 0.1) is 39.8 Å². The molecule has 4 aromatic rings. The van der Waals surface area contributed by atoms with E-state index in [1.54, 1.807) is 29.0 Å². The maximum Gasteiger partial charge on any atom is 0.271 e. The molecular formula is C31H33ClN8O2. The van der Waals surface area contributed by atoms with Crippen LogP contribution in [0.5, 0.6) is 0 Å². The van der Waals surface area contributed by atoms with Gasteiger partial charge in [-0.15, -0.1) is 0 Å². The van der Waals surface area contributed by atoms with E-state index in [-0.39, 0.29) is 17.1 Å². The molecule has 6 heterocycles. The molecule has 2 saturated heterocycles. The number of nitrogens with zero attached hydrogens (tertiary/aromatic N) is 7. The van der Waals surface area contributed by atoms with Gasteiger partial charge >= 0.3 is 0 Å². The molecule has 0 radical (unpaired) electrons. The zero-order valence-corrected chi connectivity index (χ0v) is 24.5. The summed E-state index contributed by atoms with van der Waals surface area (Å²) in [6, 6.07) is 11.8. The van der Waals surface area contributed by atoms with Crippen molar-refractivity contribution >= 4 is 34.5 Å². The van der Waals surface area contributed by atoms with E-state index < -0.39 is 5.60 Å². The number of halogens is 1. The predicted molar refractivity (Wildman–Crippen MR) is 162 cm³/mol. The molecule has 2 aliphatic heterocycles. The van der Waals surface area contributed by atoms with Crippen LogP contribution in [0.1, 0.15) is 55.6 Å². The van der Waals surface area contributed by atoms with Crippen molar-refractivity contribution in [3.63, 3.8) is 0 Å². The Balaban J connectivity index is 1.20. The summed E-state index contributed by atoms with van der Waals surface area (Å²) in [6.45, 7) is 6.89. The molecule has 6 rings (SSSR count). The van der Waals surface area contributed by atoms with E-state index in [2.05, 4.69) is 44.3 Å². The predicted octanol–water partition coefficient (Wildman–Crippen LogP) is 4.46. The second-order valence-electron chi connectivity index (χ2n) is 11.8. The third kappa shape index (κ3) is 5.50. The van der Waals surface area contributed by atoms with Gasteiger partial charge in [0.25, 0.3) is 5.91 Å². The maximum atomic E-state index is 12.8. The first-order valence-electron chi connectivity index (χ1n) is 14.2. The highest BCUT2D eigenvalue weighted by molar-refractivity contribution is 6.33. The number of piperidine rings is 2. The van der Waals surface area contributed by atoms with E-state index in [4.69, 9.17) is 16.6 Å². The van der Waals surface area contributed by atoms with Crippen LogP contribution in [-0.4, -0.2) is 67.9 Å². The number of aromatic nitrogens is 4. The largest absolute Gasteiger partial charge is 0.390 e. The van der Waals surface area contributed by atoms with Gasteiger partial charge in [0, 0.05) is 55.2 Å². The van der Waals surface area contributed by atoms with Crippen molar-refractivity contribution in [3.05, 3.63) is 71.4 Å². The van der Waals surface area contributed by atoms with Gasteiger partial charge in [-0.25, -0.2) is 14.5 Å². The van der Waals surface area contributed by atoms with Gasteiger partial charge in [-0.2, -0.15) is 10.4 Å². The molecule has 10 nitrogen and oxygen atoms in total. The molecule has 2 N–H and O–H groups in total. The summed E-state index contributed by atoms with van der Waals surface area (Å²) in [4.78, 5) is 26.2. The summed E-state index contributed by atoms with van der Waals surface area (Å²) in [7, 11) is 0. The van der Waals surface area contributed by atoms with E-state index in [0.29, 0.717) is 23.4 Å². The van der Waals surface area contributed by atoms with Gasteiger partial charge in [0.15, 0.2) is 0 Å². The number of hydrogen-bond acceptors (Lipinski definition) is 8. The summed E-state index contributed by atoms with van der Waals surface area (Å²) >= 11 is 6.17. The highest BCUT2D eigenvalue weighted by Crippen LogP contribution is 2.34. The van der Waals surface area contributed by atoms with Crippen LogP contribution < -0.4 is 15.1 Å².